The van der Waals surface area contributed by atoms with Crippen molar-refractivity contribution in [1.29, 1.82) is 0 Å². The molecule has 0 saturated carbocycles. The van der Waals surface area contributed by atoms with Crippen molar-refractivity contribution in [2.75, 3.05) is 5.75 Å². The molecule has 22 heavy (non-hydrogen) atoms. The number of carbonyl (C=O) groups excluding carboxylic acids is 2. The monoisotopic (exact) mass is 326 g/mol. The van der Waals surface area contributed by atoms with Crippen LogP contribution < -0.4 is 5.11 Å². The van der Waals surface area contributed by atoms with Crippen molar-refractivity contribution in [3.63, 3.8) is 0 Å². The number of hydrogen-bond acceptors (Lipinski definition) is 5. The molecule has 120 valence electrons. The minimum absolute atomic E-state index is 0.198. The highest BCUT2D eigenvalue weighted by molar-refractivity contribution is 7.99. The summed E-state index contributed by atoms with van der Waals surface area (Å²) >= 11 is 1.28. The van der Waals surface area contributed by atoms with E-state index in [0.29, 0.717) is 5.56 Å². The number of nitrogens with zero attached hydrogens (tertiary/aromatic N) is 1. The van der Waals surface area contributed by atoms with Gasteiger partial charge in [-0.1, -0.05) is 12.1 Å². The van der Waals surface area contributed by atoms with Crippen LogP contribution in [0.5, 0.6) is 0 Å². The maximum Gasteiger partial charge on any atom is 0.412 e. The molecule has 0 N–H and O–H groups in total. The van der Waals surface area contributed by atoms with Crippen LogP contribution in [0.3, 0.4) is 0 Å². The number of carbonyl (C=O) groups is 2. The fraction of sp³-hybridized carbons (Fsp3) is 0.467. The third kappa shape index (κ3) is 3.71. The van der Waals surface area contributed by atoms with Gasteiger partial charge in [-0.25, -0.2) is 9.18 Å². The molecule has 0 bridgehead atoms. The zero-order chi connectivity index (χ0) is 16.5. The van der Waals surface area contributed by atoms with Crippen LogP contribution in [0.15, 0.2) is 24.3 Å². The first kappa shape index (κ1) is 16.6. The lowest BCUT2D eigenvalue weighted by molar-refractivity contribution is -0.310. The smallest absolute Gasteiger partial charge is 0.412 e. The van der Waals surface area contributed by atoms with Gasteiger partial charge in [-0.3, -0.25) is 4.90 Å². The SMILES string of the molecule is CC(C)(C)OC(=O)N1[C@@H](C(=O)[O-])CS[C@@H]1c1ccc(F)cc1. The van der Waals surface area contributed by atoms with Crippen LogP contribution in [0.4, 0.5) is 9.18 Å². The third-order valence-corrected chi connectivity index (χ3v) is 4.36. The first-order valence-electron chi connectivity index (χ1n) is 6.78. The largest absolute Gasteiger partial charge is 0.548 e. The second-order valence-electron chi connectivity index (χ2n) is 5.96. The van der Waals surface area contributed by atoms with E-state index in [-0.39, 0.29) is 5.75 Å². The third-order valence-electron chi connectivity index (χ3n) is 3.03. The molecular weight excluding hydrogens is 309 g/mol. The first-order chi connectivity index (χ1) is 10.2. The maximum absolute atomic E-state index is 13.0. The van der Waals surface area contributed by atoms with Gasteiger partial charge >= 0.3 is 6.09 Å². The lowest BCUT2D eigenvalue weighted by atomic mass is 10.1. The zero-order valence-corrected chi connectivity index (χ0v) is 13.4. The van der Waals surface area contributed by atoms with Gasteiger partial charge in [-0.05, 0) is 38.5 Å². The highest BCUT2D eigenvalue weighted by Crippen LogP contribution is 2.42. The standard InChI is InChI=1S/C15H18FNO4S/c1-15(2,3)21-14(20)17-11(13(18)19)8-22-12(17)9-4-6-10(16)7-5-9/h4-7,11-12H,8H2,1-3H3,(H,18,19)/p-1/t11-,12-/m1/s1. The van der Waals surface area contributed by atoms with E-state index >= 15 is 0 Å². The van der Waals surface area contributed by atoms with Crippen molar-refractivity contribution >= 4 is 23.8 Å². The Hall–Kier alpha value is -1.76. The molecule has 1 fully saturated rings. The van der Waals surface area contributed by atoms with Crippen LogP contribution in [0.1, 0.15) is 31.7 Å². The molecule has 1 amide bonds. The Morgan fingerprint density at radius 1 is 1.32 bits per heavy atom. The molecule has 5 nitrogen and oxygen atoms in total. The van der Waals surface area contributed by atoms with E-state index < -0.39 is 34.9 Å². The average molecular weight is 326 g/mol. The summed E-state index contributed by atoms with van der Waals surface area (Å²) in [5, 5.41) is 10.7. The van der Waals surface area contributed by atoms with Crippen LogP contribution in [0.2, 0.25) is 0 Å². The van der Waals surface area contributed by atoms with Gasteiger partial charge < -0.3 is 14.6 Å². The Morgan fingerprint density at radius 2 is 1.91 bits per heavy atom. The number of thioether (sulfide) groups is 1. The number of halogens is 1. The molecule has 0 unspecified atom stereocenters. The van der Waals surface area contributed by atoms with Crippen molar-refractivity contribution in [2.45, 2.75) is 37.8 Å². The normalized spacial score (nSPS) is 21.7. The van der Waals surface area contributed by atoms with Crippen molar-refractivity contribution in [3.05, 3.63) is 35.6 Å². The average Bonchev–Trinajstić information content (AvgIpc) is 2.82. The number of hydrogen-bond donors (Lipinski definition) is 0. The number of benzene rings is 1. The predicted octanol–water partition coefficient (Wildman–Crippen LogP) is 1.93. The number of carboxylic acid groups (broad SMARTS) is 1. The minimum atomic E-state index is -1.33. The molecule has 0 spiro atoms. The Balaban J connectivity index is 2.30. The van der Waals surface area contributed by atoms with Gasteiger partial charge in [-0.15, -0.1) is 11.8 Å². The molecule has 2 rings (SSSR count). The van der Waals surface area contributed by atoms with E-state index in [9.17, 15) is 19.1 Å². The summed E-state index contributed by atoms with van der Waals surface area (Å²) in [7, 11) is 0. The summed E-state index contributed by atoms with van der Waals surface area (Å²) in [6.07, 6.45) is -0.721. The fourth-order valence-corrected chi connectivity index (χ4v) is 3.51. The molecule has 0 aromatic heterocycles. The van der Waals surface area contributed by atoms with Gasteiger partial charge in [0.25, 0.3) is 0 Å². The second kappa shape index (κ2) is 6.16. The first-order valence-corrected chi connectivity index (χ1v) is 7.83. The molecule has 1 heterocycles. The molecule has 0 aliphatic carbocycles. The Kier molecular flexibility index (Phi) is 4.65. The van der Waals surface area contributed by atoms with E-state index in [4.69, 9.17) is 4.74 Å². The summed E-state index contributed by atoms with van der Waals surface area (Å²) in [5.74, 6) is -1.53. The molecule has 1 aromatic carbocycles. The van der Waals surface area contributed by atoms with Crippen LogP contribution in [0.25, 0.3) is 0 Å². The van der Waals surface area contributed by atoms with Gasteiger partial charge in [0.2, 0.25) is 0 Å². The van der Waals surface area contributed by atoms with Crippen molar-refractivity contribution in [2.24, 2.45) is 0 Å². The van der Waals surface area contributed by atoms with E-state index in [0.717, 1.165) is 4.90 Å². The number of aliphatic carboxylic acids is 1. The van der Waals surface area contributed by atoms with Gasteiger partial charge in [0.1, 0.15) is 16.8 Å². The Bertz CT molecular complexity index is 570. The summed E-state index contributed by atoms with van der Waals surface area (Å²) in [5.41, 5.74) is -0.102. The summed E-state index contributed by atoms with van der Waals surface area (Å²) in [4.78, 5) is 24.8. The summed E-state index contributed by atoms with van der Waals surface area (Å²) in [6, 6.07) is 4.53. The molecule has 1 aliphatic rings. The molecule has 7 heteroatoms. The highest BCUT2D eigenvalue weighted by Gasteiger charge is 2.41. The number of rotatable bonds is 2. The van der Waals surface area contributed by atoms with Gasteiger partial charge in [0.05, 0.1) is 12.0 Å². The summed E-state index contributed by atoms with van der Waals surface area (Å²) < 4.78 is 18.3. The van der Waals surface area contributed by atoms with Crippen LogP contribution in [-0.4, -0.2) is 34.4 Å². The lowest BCUT2D eigenvalue weighted by Gasteiger charge is -2.32. The van der Waals surface area contributed by atoms with Crippen molar-refractivity contribution in [3.8, 4) is 0 Å². The quantitative estimate of drug-likeness (QED) is 0.830. The van der Waals surface area contributed by atoms with E-state index in [2.05, 4.69) is 0 Å². The molecule has 1 aromatic rings. The molecule has 0 radical (unpaired) electrons. The van der Waals surface area contributed by atoms with Gasteiger partial charge in [0, 0.05) is 5.75 Å². The lowest BCUT2D eigenvalue weighted by Crippen LogP contribution is -2.50. The van der Waals surface area contributed by atoms with E-state index in [1.165, 1.54) is 36.0 Å². The highest BCUT2D eigenvalue weighted by atomic mass is 32.2. The molecule has 1 aliphatic heterocycles. The van der Waals surface area contributed by atoms with Crippen LogP contribution >= 0.6 is 11.8 Å². The van der Waals surface area contributed by atoms with E-state index in [1.807, 2.05) is 0 Å². The maximum atomic E-state index is 13.0. The number of amides is 1. The fourth-order valence-electron chi connectivity index (χ4n) is 2.11. The Labute approximate surface area is 132 Å². The zero-order valence-electron chi connectivity index (χ0n) is 12.5. The Morgan fingerprint density at radius 3 is 2.41 bits per heavy atom. The predicted molar refractivity (Wildman–Crippen MR) is 78.5 cm³/mol. The van der Waals surface area contributed by atoms with Crippen LogP contribution in [-0.2, 0) is 9.53 Å². The van der Waals surface area contributed by atoms with Crippen molar-refractivity contribution < 1.29 is 23.8 Å². The topological polar surface area (TPSA) is 69.7 Å². The van der Waals surface area contributed by atoms with Gasteiger partial charge in [0.15, 0.2) is 0 Å². The summed E-state index contributed by atoms with van der Waals surface area (Å²) in [6.45, 7) is 5.11. The molecule has 1 saturated heterocycles. The van der Waals surface area contributed by atoms with Crippen molar-refractivity contribution in [1.82, 2.24) is 4.90 Å². The number of ether oxygens (including phenoxy) is 1. The second-order valence-corrected chi connectivity index (χ2v) is 7.07. The van der Waals surface area contributed by atoms with E-state index in [1.54, 1.807) is 20.8 Å². The molecule has 2 atom stereocenters. The minimum Gasteiger partial charge on any atom is -0.548 e. The van der Waals surface area contributed by atoms with Gasteiger partial charge in [-0.2, -0.15) is 0 Å². The number of carboxylic acids is 1. The van der Waals surface area contributed by atoms with Crippen LogP contribution in [0, 0.1) is 5.82 Å². The molecular formula is C15H17FNO4S-.